The Labute approximate surface area is 91.8 Å². The number of nitrogens with zero attached hydrogens (tertiary/aromatic N) is 2. The van der Waals surface area contributed by atoms with Crippen molar-refractivity contribution in [3.8, 4) is 0 Å². The zero-order chi connectivity index (χ0) is 10.7. The van der Waals surface area contributed by atoms with Crippen LogP contribution < -0.4 is 0 Å². The van der Waals surface area contributed by atoms with Crippen LogP contribution in [0.3, 0.4) is 0 Å². The maximum absolute atomic E-state index is 11.2. The molecule has 0 saturated carbocycles. The second-order valence-corrected chi connectivity index (χ2v) is 4.03. The van der Waals surface area contributed by atoms with Crippen LogP contribution in [0.2, 0.25) is 0 Å². The van der Waals surface area contributed by atoms with E-state index in [-0.39, 0.29) is 12.0 Å². The summed E-state index contributed by atoms with van der Waals surface area (Å²) in [6.45, 7) is 0. The number of aliphatic imine (C=N–C) groups is 1. The first-order chi connectivity index (χ1) is 7.31. The third-order valence-electron chi connectivity index (χ3n) is 2.03. The van der Waals surface area contributed by atoms with Gasteiger partial charge in [-0.3, -0.25) is 9.98 Å². The fourth-order valence-corrected chi connectivity index (χ4v) is 2.29. The molecule has 0 amide bonds. The summed E-state index contributed by atoms with van der Waals surface area (Å²) in [5, 5.41) is 0.860. The van der Waals surface area contributed by atoms with Crippen molar-refractivity contribution >= 4 is 22.8 Å². The van der Waals surface area contributed by atoms with Gasteiger partial charge in [0.05, 0.1) is 7.11 Å². The molecule has 1 aliphatic heterocycles. The number of rotatable bonds is 2. The van der Waals surface area contributed by atoms with Crippen LogP contribution in [0, 0.1) is 0 Å². The van der Waals surface area contributed by atoms with Crippen molar-refractivity contribution in [1.29, 1.82) is 0 Å². The Morgan fingerprint density at radius 2 is 2.53 bits per heavy atom. The number of hydrogen-bond acceptors (Lipinski definition) is 5. The fourth-order valence-electron chi connectivity index (χ4n) is 1.28. The Kier molecular flexibility index (Phi) is 3.01. The van der Waals surface area contributed by atoms with E-state index in [9.17, 15) is 4.79 Å². The maximum Gasteiger partial charge on any atom is 0.331 e. The normalized spacial score (nSPS) is 19.8. The van der Waals surface area contributed by atoms with Gasteiger partial charge in [-0.25, -0.2) is 4.79 Å². The molecule has 1 aliphatic rings. The Hall–Kier alpha value is -1.36. The number of aromatic nitrogens is 1. The van der Waals surface area contributed by atoms with Crippen LogP contribution >= 0.6 is 11.8 Å². The molecule has 0 radical (unpaired) electrons. The van der Waals surface area contributed by atoms with Gasteiger partial charge in [0.1, 0.15) is 5.04 Å². The van der Waals surface area contributed by atoms with Crippen molar-refractivity contribution in [2.45, 2.75) is 6.04 Å². The minimum absolute atomic E-state index is 0.276. The summed E-state index contributed by atoms with van der Waals surface area (Å²) in [6.07, 6.45) is 3.45. The van der Waals surface area contributed by atoms with Gasteiger partial charge in [0.15, 0.2) is 6.04 Å². The number of ether oxygens (including phenoxy) is 1. The molecule has 5 heteroatoms. The highest BCUT2D eigenvalue weighted by Crippen LogP contribution is 2.23. The summed E-state index contributed by atoms with van der Waals surface area (Å²) in [5.74, 6) is 0.373. The zero-order valence-electron chi connectivity index (χ0n) is 8.21. The molecule has 1 aromatic rings. The standard InChI is InChI=1S/C10H10N2O2S/c1-14-10(13)8-6-15-9(12-8)7-3-2-4-11-5-7/h2-5,8H,6H2,1H3/t8-/m0/s1. The lowest BCUT2D eigenvalue weighted by molar-refractivity contribution is -0.141. The molecule has 0 aromatic carbocycles. The van der Waals surface area contributed by atoms with Crippen molar-refractivity contribution in [1.82, 2.24) is 4.98 Å². The highest BCUT2D eigenvalue weighted by molar-refractivity contribution is 8.14. The van der Waals surface area contributed by atoms with Gasteiger partial charge < -0.3 is 4.74 Å². The third-order valence-corrected chi connectivity index (χ3v) is 3.13. The molecule has 0 aliphatic carbocycles. The van der Waals surface area contributed by atoms with Crippen LogP contribution in [-0.4, -0.2) is 34.9 Å². The molecule has 4 nitrogen and oxygen atoms in total. The van der Waals surface area contributed by atoms with Crippen molar-refractivity contribution in [2.75, 3.05) is 12.9 Å². The van der Waals surface area contributed by atoms with Gasteiger partial charge in [0.2, 0.25) is 0 Å². The van der Waals surface area contributed by atoms with Crippen molar-refractivity contribution in [3.05, 3.63) is 30.1 Å². The minimum Gasteiger partial charge on any atom is -0.467 e. The summed E-state index contributed by atoms with van der Waals surface area (Å²) in [7, 11) is 1.38. The number of pyridine rings is 1. The Balaban J connectivity index is 2.17. The summed E-state index contributed by atoms with van der Waals surface area (Å²) in [5.41, 5.74) is 0.953. The number of carbonyl (C=O) groups excluding carboxylic acids is 1. The molecule has 0 bridgehead atoms. The van der Waals surface area contributed by atoms with Gasteiger partial charge in [-0.2, -0.15) is 0 Å². The second-order valence-electron chi connectivity index (χ2n) is 3.03. The molecule has 0 unspecified atom stereocenters. The molecule has 0 saturated heterocycles. The lowest BCUT2D eigenvalue weighted by Crippen LogP contribution is -2.19. The lowest BCUT2D eigenvalue weighted by Gasteiger charge is -2.00. The lowest BCUT2D eigenvalue weighted by atomic mass is 10.3. The third kappa shape index (κ3) is 2.18. The Bertz CT molecular complexity index is 392. The molecule has 1 aromatic heterocycles. The fraction of sp³-hybridized carbons (Fsp3) is 0.300. The topological polar surface area (TPSA) is 51.5 Å². The predicted octanol–water partition coefficient (Wildman–Crippen LogP) is 1.12. The van der Waals surface area contributed by atoms with Crippen LogP contribution in [-0.2, 0) is 9.53 Å². The van der Waals surface area contributed by atoms with E-state index < -0.39 is 0 Å². The number of esters is 1. The van der Waals surface area contributed by atoms with E-state index in [2.05, 4.69) is 14.7 Å². The summed E-state index contributed by atoms with van der Waals surface area (Å²) >= 11 is 1.56. The SMILES string of the molecule is COC(=O)[C@@H]1CSC(c2cccnc2)=N1. The molecular weight excluding hydrogens is 212 g/mol. The van der Waals surface area contributed by atoms with Gasteiger partial charge in [0.25, 0.3) is 0 Å². The highest BCUT2D eigenvalue weighted by Gasteiger charge is 2.26. The van der Waals surface area contributed by atoms with Crippen molar-refractivity contribution < 1.29 is 9.53 Å². The van der Waals surface area contributed by atoms with Gasteiger partial charge in [-0.15, -0.1) is 11.8 Å². The van der Waals surface area contributed by atoms with Gasteiger partial charge in [0, 0.05) is 23.7 Å². The highest BCUT2D eigenvalue weighted by atomic mass is 32.2. The number of hydrogen-bond donors (Lipinski definition) is 0. The largest absolute Gasteiger partial charge is 0.467 e. The molecule has 1 atom stereocenters. The number of methoxy groups -OCH3 is 1. The molecular formula is C10H10N2O2S. The molecule has 78 valence electrons. The van der Waals surface area contributed by atoms with Crippen molar-refractivity contribution in [3.63, 3.8) is 0 Å². The summed E-state index contributed by atoms with van der Waals surface area (Å²) in [6, 6.07) is 3.41. The number of thioether (sulfide) groups is 1. The van der Waals surface area contributed by atoms with Crippen LogP contribution in [0.1, 0.15) is 5.56 Å². The molecule has 0 fully saturated rings. The predicted molar refractivity (Wildman–Crippen MR) is 59.0 cm³/mol. The minimum atomic E-state index is -0.366. The number of carbonyl (C=O) groups is 1. The quantitative estimate of drug-likeness (QED) is 0.703. The Morgan fingerprint density at radius 1 is 1.67 bits per heavy atom. The van der Waals surface area contributed by atoms with E-state index in [1.807, 2.05) is 12.1 Å². The van der Waals surface area contributed by atoms with E-state index in [0.29, 0.717) is 5.75 Å². The van der Waals surface area contributed by atoms with Gasteiger partial charge in [-0.1, -0.05) is 0 Å². The maximum atomic E-state index is 11.2. The monoisotopic (exact) mass is 222 g/mol. The first kappa shape index (κ1) is 10.2. The average Bonchev–Trinajstić information content (AvgIpc) is 2.78. The van der Waals surface area contributed by atoms with E-state index in [1.165, 1.54) is 7.11 Å². The average molecular weight is 222 g/mol. The second kappa shape index (κ2) is 4.44. The van der Waals surface area contributed by atoms with Crippen LogP contribution in [0.5, 0.6) is 0 Å². The van der Waals surface area contributed by atoms with Crippen LogP contribution in [0.25, 0.3) is 0 Å². The molecule has 0 N–H and O–H groups in total. The van der Waals surface area contributed by atoms with Crippen LogP contribution in [0.15, 0.2) is 29.5 Å². The summed E-state index contributed by atoms with van der Waals surface area (Å²) in [4.78, 5) is 19.5. The molecule has 2 heterocycles. The smallest absolute Gasteiger partial charge is 0.331 e. The molecule has 2 rings (SSSR count). The van der Waals surface area contributed by atoms with E-state index in [4.69, 9.17) is 0 Å². The van der Waals surface area contributed by atoms with Gasteiger partial charge in [-0.05, 0) is 12.1 Å². The first-order valence-electron chi connectivity index (χ1n) is 4.50. The summed E-state index contributed by atoms with van der Waals surface area (Å²) < 4.78 is 4.64. The van der Waals surface area contributed by atoms with E-state index >= 15 is 0 Å². The molecule has 0 spiro atoms. The molecule has 15 heavy (non-hydrogen) atoms. The van der Waals surface area contributed by atoms with Crippen molar-refractivity contribution in [2.24, 2.45) is 4.99 Å². The first-order valence-corrected chi connectivity index (χ1v) is 5.48. The Morgan fingerprint density at radius 3 is 3.20 bits per heavy atom. The van der Waals surface area contributed by atoms with Gasteiger partial charge >= 0.3 is 5.97 Å². The van der Waals surface area contributed by atoms with Crippen LogP contribution in [0.4, 0.5) is 0 Å². The van der Waals surface area contributed by atoms with E-state index in [0.717, 1.165) is 10.6 Å². The zero-order valence-corrected chi connectivity index (χ0v) is 9.03. The van der Waals surface area contributed by atoms with E-state index in [1.54, 1.807) is 24.2 Å².